The molecule has 106 valence electrons. The summed E-state index contributed by atoms with van der Waals surface area (Å²) in [6.45, 7) is 9.33. The van der Waals surface area contributed by atoms with Gasteiger partial charge in [-0.15, -0.1) is 12.3 Å². The summed E-state index contributed by atoms with van der Waals surface area (Å²) < 4.78 is 0. The summed E-state index contributed by atoms with van der Waals surface area (Å²) in [4.78, 5) is 14.2. The van der Waals surface area contributed by atoms with Crippen molar-refractivity contribution < 1.29 is 4.79 Å². The Balaban J connectivity index is 2.54. The molecule has 1 fully saturated rings. The third-order valence-electron chi connectivity index (χ3n) is 3.97. The Bertz CT molecular complexity index is 525. The molecule has 1 saturated heterocycles. The monoisotopic (exact) mass is 269 g/mol. The highest BCUT2D eigenvalue weighted by molar-refractivity contribution is 5.97. The summed E-state index contributed by atoms with van der Waals surface area (Å²) >= 11 is 0. The van der Waals surface area contributed by atoms with Crippen molar-refractivity contribution in [2.75, 3.05) is 11.4 Å². The first kappa shape index (κ1) is 14.7. The minimum atomic E-state index is 0.0442. The van der Waals surface area contributed by atoms with E-state index in [4.69, 9.17) is 6.42 Å². The first-order valence-electron chi connectivity index (χ1n) is 7.35. The molecule has 1 aliphatic heterocycles. The summed E-state index contributed by atoms with van der Waals surface area (Å²) in [5, 5.41) is 0. The summed E-state index contributed by atoms with van der Waals surface area (Å²) in [7, 11) is 0. The molecule has 0 saturated carbocycles. The average Bonchev–Trinajstić information content (AvgIpc) is 2.78. The Morgan fingerprint density at radius 2 is 1.75 bits per heavy atom. The number of carbonyl (C=O) groups excluding carboxylic acids is 1. The number of hydrogen-bond donors (Lipinski definition) is 0. The van der Waals surface area contributed by atoms with Crippen molar-refractivity contribution in [3.63, 3.8) is 0 Å². The van der Waals surface area contributed by atoms with Crippen molar-refractivity contribution in [2.24, 2.45) is 5.92 Å². The molecule has 1 heterocycles. The largest absolute Gasteiger partial charge is 0.311 e. The number of carbonyl (C=O) groups is 1. The predicted molar refractivity (Wildman–Crippen MR) is 83.9 cm³/mol. The molecule has 1 amide bonds. The van der Waals surface area contributed by atoms with Crippen LogP contribution < -0.4 is 4.90 Å². The third-order valence-corrected chi connectivity index (χ3v) is 3.97. The van der Waals surface area contributed by atoms with Gasteiger partial charge in [-0.2, -0.15) is 0 Å². The van der Waals surface area contributed by atoms with Crippen LogP contribution in [0.15, 0.2) is 18.2 Å². The van der Waals surface area contributed by atoms with Gasteiger partial charge in [-0.3, -0.25) is 4.79 Å². The molecule has 1 aromatic carbocycles. The lowest BCUT2D eigenvalue weighted by Crippen LogP contribution is -2.27. The molecule has 0 aromatic heterocycles. The van der Waals surface area contributed by atoms with E-state index in [-0.39, 0.29) is 11.8 Å². The number of amides is 1. The number of benzene rings is 1. The molecule has 0 radical (unpaired) electrons. The number of anilines is 1. The molecule has 0 N–H and O–H groups in total. The lowest BCUT2D eigenvalue weighted by molar-refractivity contribution is -0.117. The van der Waals surface area contributed by atoms with Crippen LogP contribution in [0.25, 0.3) is 0 Å². The van der Waals surface area contributed by atoms with Crippen molar-refractivity contribution in [3.05, 3.63) is 29.3 Å². The number of rotatable bonds is 3. The Kier molecular flexibility index (Phi) is 4.18. The molecule has 20 heavy (non-hydrogen) atoms. The second-order valence-electron chi connectivity index (χ2n) is 6.17. The highest BCUT2D eigenvalue weighted by Gasteiger charge is 2.32. The van der Waals surface area contributed by atoms with Crippen molar-refractivity contribution in [1.82, 2.24) is 0 Å². The smallest absolute Gasteiger partial charge is 0.228 e. The van der Waals surface area contributed by atoms with Gasteiger partial charge in [0.05, 0.1) is 5.69 Å². The Hall–Kier alpha value is -1.75. The number of nitrogens with zero attached hydrogens (tertiary/aromatic N) is 1. The zero-order valence-electron chi connectivity index (χ0n) is 12.8. The minimum Gasteiger partial charge on any atom is -0.311 e. The Morgan fingerprint density at radius 1 is 1.20 bits per heavy atom. The van der Waals surface area contributed by atoms with Crippen LogP contribution in [0.4, 0.5) is 5.69 Å². The van der Waals surface area contributed by atoms with Crippen LogP contribution in [0.1, 0.15) is 57.1 Å². The average molecular weight is 269 g/mol. The molecule has 2 heteroatoms. The molecule has 0 aliphatic carbocycles. The van der Waals surface area contributed by atoms with Gasteiger partial charge >= 0.3 is 0 Å². The van der Waals surface area contributed by atoms with Crippen LogP contribution in [0.5, 0.6) is 0 Å². The fourth-order valence-corrected chi connectivity index (χ4v) is 2.86. The van der Waals surface area contributed by atoms with Crippen LogP contribution in [-0.4, -0.2) is 12.5 Å². The zero-order valence-corrected chi connectivity index (χ0v) is 12.8. The van der Waals surface area contributed by atoms with Gasteiger partial charge in [0, 0.05) is 18.9 Å². The first-order valence-corrected chi connectivity index (χ1v) is 7.35. The van der Waals surface area contributed by atoms with E-state index in [0.29, 0.717) is 24.8 Å². The lowest BCUT2D eigenvalue weighted by Gasteiger charge is -2.26. The van der Waals surface area contributed by atoms with Gasteiger partial charge in [-0.25, -0.2) is 0 Å². The van der Waals surface area contributed by atoms with E-state index < -0.39 is 0 Å². The van der Waals surface area contributed by atoms with Crippen molar-refractivity contribution >= 4 is 11.6 Å². The van der Waals surface area contributed by atoms with Crippen LogP contribution in [-0.2, 0) is 4.79 Å². The van der Waals surface area contributed by atoms with Gasteiger partial charge in [-0.05, 0) is 23.0 Å². The quantitative estimate of drug-likeness (QED) is 0.762. The van der Waals surface area contributed by atoms with E-state index in [1.165, 1.54) is 11.1 Å². The number of terminal acetylenes is 1. The highest BCUT2D eigenvalue weighted by Crippen LogP contribution is 2.38. The van der Waals surface area contributed by atoms with E-state index >= 15 is 0 Å². The maximum absolute atomic E-state index is 12.3. The van der Waals surface area contributed by atoms with Gasteiger partial charge in [-0.1, -0.05) is 45.9 Å². The van der Waals surface area contributed by atoms with Crippen LogP contribution in [0, 0.1) is 18.3 Å². The van der Waals surface area contributed by atoms with Gasteiger partial charge < -0.3 is 4.90 Å². The van der Waals surface area contributed by atoms with Crippen LogP contribution >= 0.6 is 0 Å². The SMILES string of the molecule is C#CC1CC(=O)N(c2c(C(C)C)cccc2C(C)C)C1. The first-order chi connectivity index (χ1) is 9.45. The number of para-hydroxylation sites is 1. The minimum absolute atomic E-state index is 0.0442. The second kappa shape index (κ2) is 5.71. The molecule has 0 bridgehead atoms. The molecule has 2 rings (SSSR count). The molecular formula is C18H23NO. The van der Waals surface area contributed by atoms with Crippen molar-refractivity contribution in [3.8, 4) is 12.3 Å². The van der Waals surface area contributed by atoms with E-state index in [2.05, 4.69) is 51.8 Å². The molecule has 1 aromatic rings. The molecular weight excluding hydrogens is 246 g/mol. The standard InChI is InChI=1S/C18H23NO/c1-6-14-10-17(20)19(11-14)18-15(12(2)3)8-7-9-16(18)13(4)5/h1,7-9,12-14H,10-11H2,2-5H3. The number of hydrogen-bond acceptors (Lipinski definition) is 1. The molecule has 2 nitrogen and oxygen atoms in total. The molecule has 1 aliphatic rings. The molecule has 0 spiro atoms. The summed E-state index contributed by atoms with van der Waals surface area (Å²) in [6, 6.07) is 6.35. The predicted octanol–water partition coefficient (Wildman–Crippen LogP) is 3.92. The summed E-state index contributed by atoms with van der Waals surface area (Å²) in [6.07, 6.45) is 5.98. The van der Waals surface area contributed by atoms with E-state index in [1.54, 1.807) is 0 Å². The molecule has 1 atom stereocenters. The topological polar surface area (TPSA) is 20.3 Å². The Morgan fingerprint density at radius 3 is 2.15 bits per heavy atom. The molecule has 1 unspecified atom stereocenters. The second-order valence-corrected chi connectivity index (χ2v) is 6.17. The van der Waals surface area contributed by atoms with E-state index in [9.17, 15) is 4.79 Å². The maximum Gasteiger partial charge on any atom is 0.228 e. The summed E-state index contributed by atoms with van der Waals surface area (Å²) in [5.41, 5.74) is 3.57. The van der Waals surface area contributed by atoms with Gasteiger partial charge in [0.2, 0.25) is 5.91 Å². The third kappa shape index (κ3) is 2.58. The van der Waals surface area contributed by atoms with Gasteiger partial charge in [0.1, 0.15) is 0 Å². The van der Waals surface area contributed by atoms with Gasteiger partial charge in [0.25, 0.3) is 0 Å². The lowest BCUT2D eigenvalue weighted by atomic mass is 9.92. The maximum atomic E-state index is 12.3. The van der Waals surface area contributed by atoms with Crippen LogP contribution in [0.2, 0.25) is 0 Å². The van der Waals surface area contributed by atoms with Crippen LogP contribution in [0.3, 0.4) is 0 Å². The highest BCUT2D eigenvalue weighted by atomic mass is 16.2. The van der Waals surface area contributed by atoms with E-state index in [0.717, 1.165) is 5.69 Å². The fraction of sp³-hybridized carbons (Fsp3) is 0.500. The fourth-order valence-electron chi connectivity index (χ4n) is 2.86. The summed E-state index contributed by atoms with van der Waals surface area (Å²) in [5.74, 6) is 3.71. The van der Waals surface area contributed by atoms with Crippen molar-refractivity contribution in [2.45, 2.75) is 46.0 Å². The van der Waals surface area contributed by atoms with Crippen molar-refractivity contribution in [1.29, 1.82) is 0 Å². The zero-order chi connectivity index (χ0) is 14.9. The Labute approximate surface area is 122 Å². The van der Waals surface area contributed by atoms with E-state index in [1.807, 2.05) is 4.90 Å². The normalized spacial score (nSPS) is 18.9. The van der Waals surface area contributed by atoms with Gasteiger partial charge in [0.15, 0.2) is 0 Å².